The highest BCUT2D eigenvalue weighted by Gasteiger charge is 2.67. The predicted octanol–water partition coefficient (Wildman–Crippen LogP) is 6.35. The van der Waals surface area contributed by atoms with Crippen LogP contribution < -0.4 is 0 Å². The van der Waals surface area contributed by atoms with Crippen molar-refractivity contribution >= 4 is 11.8 Å². The summed E-state index contributed by atoms with van der Waals surface area (Å²) >= 11 is 0. The van der Waals surface area contributed by atoms with Crippen molar-refractivity contribution in [3.63, 3.8) is 0 Å². The Bertz CT molecular complexity index is 744. The van der Waals surface area contributed by atoms with Crippen molar-refractivity contribution in [2.45, 2.75) is 98.3 Å². The zero-order chi connectivity index (χ0) is 21.5. The van der Waals surface area contributed by atoms with Crippen LogP contribution in [0.5, 0.6) is 0 Å². The zero-order valence-electron chi connectivity index (χ0n) is 19.6. The zero-order valence-corrected chi connectivity index (χ0v) is 19.6. The summed E-state index contributed by atoms with van der Waals surface area (Å²) in [6, 6.07) is 0. The molecule has 3 heteroatoms. The normalized spacial score (nSPS) is 55.0. The van der Waals surface area contributed by atoms with Crippen LogP contribution in [0.4, 0.5) is 0 Å². The Hall–Kier alpha value is -0.860. The van der Waals surface area contributed by atoms with Gasteiger partial charge in [-0.2, -0.15) is 0 Å². The van der Waals surface area contributed by atoms with Crippen LogP contribution in [-0.2, 0) is 9.59 Å². The van der Waals surface area contributed by atoms with Crippen molar-refractivity contribution in [3.8, 4) is 0 Å². The molecule has 5 aliphatic rings. The van der Waals surface area contributed by atoms with Gasteiger partial charge in [-0.3, -0.25) is 9.59 Å². The molecule has 0 spiro atoms. The standard InChI is InChI=1S/C27H42O3/c1-16-6-5-12-25(3)20(16)10-13-26(4)21-11-15-27(24(29)30)14-9-18(17(2)28)23(27)19(21)7-8-22(25)26/h16,18-23H,5-15H2,1-4H3,(H,29,30). The molecule has 5 saturated carbocycles. The molecule has 10 unspecified atom stereocenters. The first kappa shape index (κ1) is 21.0. The van der Waals surface area contributed by atoms with Crippen LogP contribution in [-0.4, -0.2) is 16.9 Å². The molecule has 0 heterocycles. The molecule has 168 valence electrons. The molecule has 0 aromatic rings. The maximum absolute atomic E-state index is 12.6. The number of hydrogen-bond donors (Lipinski definition) is 1. The monoisotopic (exact) mass is 414 g/mol. The molecule has 3 nitrogen and oxygen atoms in total. The average Bonchev–Trinajstić information content (AvgIpc) is 3.09. The predicted molar refractivity (Wildman–Crippen MR) is 118 cm³/mol. The number of Topliss-reactive ketones (excluding diaryl/α,β-unsaturated/α-hetero) is 1. The van der Waals surface area contributed by atoms with Gasteiger partial charge in [0.1, 0.15) is 5.78 Å². The van der Waals surface area contributed by atoms with E-state index in [4.69, 9.17) is 0 Å². The quantitative estimate of drug-likeness (QED) is 0.572. The molecule has 0 aromatic carbocycles. The van der Waals surface area contributed by atoms with Crippen molar-refractivity contribution in [1.29, 1.82) is 0 Å². The number of fused-ring (bicyclic) bond motifs is 7. The lowest BCUT2D eigenvalue weighted by molar-refractivity contribution is -0.194. The third-order valence-electron chi connectivity index (χ3n) is 11.9. The summed E-state index contributed by atoms with van der Waals surface area (Å²) in [6.07, 6.45) is 12.7. The Kier molecular flexibility index (Phi) is 4.77. The van der Waals surface area contributed by atoms with E-state index in [1.165, 1.54) is 38.5 Å². The highest BCUT2D eigenvalue weighted by Crippen LogP contribution is 2.72. The maximum Gasteiger partial charge on any atom is 0.309 e. The molecule has 0 amide bonds. The first-order valence-corrected chi connectivity index (χ1v) is 12.9. The minimum Gasteiger partial charge on any atom is -0.481 e. The second-order valence-electron chi connectivity index (χ2n) is 12.7. The minimum absolute atomic E-state index is 0.0179. The maximum atomic E-state index is 12.6. The van der Waals surface area contributed by atoms with Crippen LogP contribution in [0.15, 0.2) is 0 Å². The number of rotatable bonds is 2. The molecule has 30 heavy (non-hydrogen) atoms. The summed E-state index contributed by atoms with van der Waals surface area (Å²) in [7, 11) is 0. The van der Waals surface area contributed by atoms with E-state index >= 15 is 0 Å². The van der Waals surface area contributed by atoms with Gasteiger partial charge in [-0.05, 0) is 111 Å². The van der Waals surface area contributed by atoms with Crippen LogP contribution in [0.1, 0.15) is 98.3 Å². The number of hydrogen-bond acceptors (Lipinski definition) is 2. The Labute approximate surface area is 182 Å². The largest absolute Gasteiger partial charge is 0.481 e. The second-order valence-corrected chi connectivity index (χ2v) is 12.7. The number of ketones is 1. The number of carbonyl (C=O) groups is 2. The van der Waals surface area contributed by atoms with Crippen LogP contribution >= 0.6 is 0 Å². The van der Waals surface area contributed by atoms with Gasteiger partial charge in [-0.15, -0.1) is 0 Å². The fourth-order valence-corrected chi connectivity index (χ4v) is 10.8. The van der Waals surface area contributed by atoms with Crippen LogP contribution in [0.25, 0.3) is 0 Å². The topological polar surface area (TPSA) is 54.4 Å². The summed E-state index contributed by atoms with van der Waals surface area (Å²) in [5, 5.41) is 10.3. The summed E-state index contributed by atoms with van der Waals surface area (Å²) in [4.78, 5) is 25.1. The summed E-state index contributed by atoms with van der Waals surface area (Å²) in [5.41, 5.74) is 0.174. The molecule has 0 aromatic heterocycles. The third-order valence-corrected chi connectivity index (χ3v) is 11.9. The van der Waals surface area contributed by atoms with Gasteiger partial charge in [0.15, 0.2) is 0 Å². The van der Waals surface area contributed by atoms with Gasteiger partial charge in [-0.25, -0.2) is 0 Å². The van der Waals surface area contributed by atoms with Gasteiger partial charge in [0, 0.05) is 5.92 Å². The molecule has 0 bridgehead atoms. The van der Waals surface area contributed by atoms with E-state index in [0.29, 0.717) is 22.7 Å². The molecule has 1 N–H and O–H groups in total. The first-order chi connectivity index (χ1) is 14.1. The molecule has 0 saturated heterocycles. The Morgan fingerprint density at radius 1 is 0.833 bits per heavy atom. The van der Waals surface area contributed by atoms with Gasteiger partial charge in [0.2, 0.25) is 0 Å². The summed E-state index contributed by atoms with van der Waals surface area (Å²) in [5.74, 6) is 3.26. The molecule has 5 rings (SSSR count). The smallest absolute Gasteiger partial charge is 0.309 e. The molecular weight excluding hydrogens is 372 g/mol. The van der Waals surface area contributed by atoms with Gasteiger partial charge >= 0.3 is 5.97 Å². The number of carbonyl (C=O) groups excluding carboxylic acids is 1. The van der Waals surface area contributed by atoms with Crippen molar-refractivity contribution in [2.75, 3.05) is 0 Å². The van der Waals surface area contributed by atoms with Crippen molar-refractivity contribution in [2.24, 2.45) is 57.7 Å². The van der Waals surface area contributed by atoms with E-state index in [1.54, 1.807) is 6.92 Å². The van der Waals surface area contributed by atoms with Crippen molar-refractivity contribution < 1.29 is 14.7 Å². The highest BCUT2D eigenvalue weighted by atomic mass is 16.4. The lowest BCUT2D eigenvalue weighted by atomic mass is 9.37. The van der Waals surface area contributed by atoms with Crippen LogP contribution in [0.2, 0.25) is 0 Å². The lowest BCUT2D eigenvalue weighted by Gasteiger charge is -2.67. The molecule has 0 radical (unpaired) electrons. The van der Waals surface area contributed by atoms with E-state index in [9.17, 15) is 14.7 Å². The highest BCUT2D eigenvalue weighted by molar-refractivity contribution is 5.83. The molecule has 5 aliphatic carbocycles. The summed E-state index contributed by atoms with van der Waals surface area (Å²) < 4.78 is 0. The van der Waals surface area contributed by atoms with Crippen molar-refractivity contribution in [1.82, 2.24) is 0 Å². The summed E-state index contributed by atoms with van der Waals surface area (Å²) in [6.45, 7) is 9.41. The van der Waals surface area contributed by atoms with E-state index in [-0.39, 0.29) is 17.6 Å². The van der Waals surface area contributed by atoms with Gasteiger partial charge < -0.3 is 5.11 Å². The third kappa shape index (κ3) is 2.56. The van der Waals surface area contributed by atoms with Crippen LogP contribution in [0, 0.1) is 57.7 Å². The van der Waals surface area contributed by atoms with Gasteiger partial charge in [-0.1, -0.05) is 33.6 Å². The Morgan fingerprint density at radius 2 is 1.50 bits per heavy atom. The minimum atomic E-state index is -0.624. The van der Waals surface area contributed by atoms with E-state index in [1.807, 2.05) is 0 Å². The second kappa shape index (κ2) is 6.82. The molecular formula is C27H42O3. The van der Waals surface area contributed by atoms with Crippen molar-refractivity contribution in [3.05, 3.63) is 0 Å². The number of carboxylic acid groups (broad SMARTS) is 1. The molecule has 10 atom stereocenters. The van der Waals surface area contributed by atoms with Crippen LogP contribution in [0.3, 0.4) is 0 Å². The number of carboxylic acids is 1. The Balaban J connectivity index is 1.52. The number of aliphatic carboxylic acids is 1. The average molecular weight is 415 g/mol. The fraction of sp³-hybridized carbons (Fsp3) is 0.926. The first-order valence-electron chi connectivity index (χ1n) is 12.9. The van der Waals surface area contributed by atoms with E-state index < -0.39 is 11.4 Å². The van der Waals surface area contributed by atoms with E-state index in [2.05, 4.69) is 20.8 Å². The molecule has 5 fully saturated rings. The fourth-order valence-electron chi connectivity index (χ4n) is 10.8. The van der Waals surface area contributed by atoms with E-state index in [0.717, 1.165) is 49.9 Å². The lowest BCUT2D eigenvalue weighted by Crippen LogP contribution is -2.61. The van der Waals surface area contributed by atoms with Gasteiger partial charge in [0.25, 0.3) is 0 Å². The van der Waals surface area contributed by atoms with Gasteiger partial charge in [0.05, 0.1) is 5.41 Å². The molecule has 0 aliphatic heterocycles. The Morgan fingerprint density at radius 3 is 2.20 bits per heavy atom. The SMILES string of the molecule is CC(=O)C1CCC2(C(=O)O)CCC3C(CCC4C5(C)CCCC(C)C5CCC34C)C12.